The molecule has 1 saturated heterocycles. The molecule has 2 heterocycles. The lowest BCUT2D eigenvalue weighted by molar-refractivity contribution is 0.0861. The number of amides is 1. The highest BCUT2D eigenvalue weighted by Gasteiger charge is 2.26. The molecule has 1 aromatic rings. The number of piperidine rings is 1. The van der Waals surface area contributed by atoms with Crippen molar-refractivity contribution in [3.05, 3.63) is 9.21 Å². The van der Waals surface area contributed by atoms with Crippen LogP contribution in [0.25, 0.3) is 0 Å². The minimum atomic E-state index is -0.198. The molecule has 0 saturated carbocycles. The highest BCUT2D eigenvalue weighted by molar-refractivity contribution is 9.13. The van der Waals surface area contributed by atoms with E-state index in [9.17, 15) is 4.79 Å². The molecule has 1 aliphatic heterocycles. The van der Waals surface area contributed by atoms with Crippen molar-refractivity contribution in [1.82, 2.24) is 19.9 Å². The number of nitrogens with zero attached hydrogens (tertiary/aromatic N) is 4. The van der Waals surface area contributed by atoms with E-state index in [1.54, 1.807) is 4.90 Å². The average Bonchev–Trinajstić information content (AvgIpc) is 2.79. The van der Waals surface area contributed by atoms with Gasteiger partial charge >= 0.3 is 6.09 Å². The summed E-state index contributed by atoms with van der Waals surface area (Å²) in [5, 5.41) is 8.08. The number of carbonyl (C=O) groups is 1. The monoisotopic (exact) mass is 408 g/mol. The molecule has 1 fully saturated rings. The average molecular weight is 410 g/mol. The van der Waals surface area contributed by atoms with E-state index in [2.05, 4.69) is 49.1 Å². The third-order valence-corrected chi connectivity index (χ3v) is 5.20. The van der Waals surface area contributed by atoms with Crippen LogP contribution in [-0.2, 0) is 4.74 Å². The van der Waals surface area contributed by atoms with Crippen molar-refractivity contribution in [1.29, 1.82) is 0 Å². The van der Waals surface area contributed by atoms with Gasteiger partial charge in [-0.3, -0.25) is 0 Å². The molecule has 20 heavy (non-hydrogen) atoms. The molecule has 0 aliphatic carbocycles. The predicted molar refractivity (Wildman–Crippen MR) is 81.5 cm³/mol. The first kappa shape index (κ1) is 15.8. The van der Waals surface area contributed by atoms with Crippen molar-refractivity contribution in [3.8, 4) is 0 Å². The van der Waals surface area contributed by atoms with Crippen LogP contribution in [0.15, 0.2) is 9.21 Å². The minimum absolute atomic E-state index is 0.198. The van der Waals surface area contributed by atoms with Crippen molar-refractivity contribution in [2.45, 2.75) is 38.6 Å². The van der Waals surface area contributed by atoms with Crippen LogP contribution in [0.4, 0.5) is 4.79 Å². The summed E-state index contributed by atoms with van der Waals surface area (Å²) in [6.07, 6.45) is 3.47. The van der Waals surface area contributed by atoms with Gasteiger partial charge in [-0.1, -0.05) is 18.6 Å². The highest BCUT2D eigenvalue weighted by atomic mass is 79.9. The predicted octanol–water partition coefficient (Wildman–Crippen LogP) is 3.38. The largest absolute Gasteiger partial charge is 0.449 e. The van der Waals surface area contributed by atoms with Crippen LogP contribution < -0.4 is 0 Å². The molecule has 8 heteroatoms. The molecule has 0 spiro atoms. The van der Waals surface area contributed by atoms with E-state index >= 15 is 0 Å². The van der Waals surface area contributed by atoms with Crippen molar-refractivity contribution >= 4 is 38.0 Å². The number of rotatable bonds is 4. The summed E-state index contributed by atoms with van der Waals surface area (Å²) in [5.41, 5.74) is 0. The van der Waals surface area contributed by atoms with Crippen LogP contribution in [0.2, 0.25) is 0 Å². The molecule has 2 rings (SSSR count). The van der Waals surface area contributed by atoms with Gasteiger partial charge in [-0.15, -0.1) is 5.10 Å². The van der Waals surface area contributed by atoms with E-state index in [0.717, 1.165) is 30.3 Å². The van der Waals surface area contributed by atoms with Crippen molar-refractivity contribution < 1.29 is 9.53 Å². The number of likely N-dealkylation sites (tertiary alicyclic amines) is 1. The fraction of sp³-hybridized carbons (Fsp3) is 0.750. The van der Waals surface area contributed by atoms with Gasteiger partial charge in [0.2, 0.25) is 0 Å². The highest BCUT2D eigenvalue weighted by Crippen LogP contribution is 2.28. The molecule has 1 aliphatic rings. The molecule has 1 amide bonds. The van der Waals surface area contributed by atoms with Gasteiger partial charge in [-0.2, -0.15) is 0 Å². The molecule has 112 valence electrons. The SMILES string of the molecule is CCCCOC(=O)N1CCC(n2nnc(Br)c2Br)CC1. The van der Waals surface area contributed by atoms with Crippen LogP contribution in [0.5, 0.6) is 0 Å². The quantitative estimate of drug-likeness (QED) is 0.715. The van der Waals surface area contributed by atoms with Crippen molar-refractivity contribution in [2.75, 3.05) is 19.7 Å². The number of hydrogen-bond donors (Lipinski definition) is 0. The Kier molecular flexibility index (Phi) is 5.83. The fourth-order valence-corrected chi connectivity index (χ4v) is 2.88. The van der Waals surface area contributed by atoms with E-state index in [1.165, 1.54) is 0 Å². The number of aromatic nitrogens is 3. The first-order valence-corrected chi connectivity index (χ1v) is 8.40. The van der Waals surface area contributed by atoms with E-state index in [1.807, 2.05) is 4.68 Å². The lowest BCUT2D eigenvalue weighted by Crippen LogP contribution is -2.39. The van der Waals surface area contributed by atoms with Gasteiger partial charge in [0.15, 0.2) is 4.60 Å². The topological polar surface area (TPSA) is 60.2 Å². The van der Waals surface area contributed by atoms with E-state index in [0.29, 0.717) is 24.3 Å². The van der Waals surface area contributed by atoms with Gasteiger partial charge in [0.1, 0.15) is 4.60 Å². The Balaban J connectivity index is 1.83. The third kappa shape index (κ3) is 3.72. The second kappa shape index (κ2) is 7.40. The summed E-state index contributed by atoms with van der Waals surface area (Å²) in [7, 11) is 0. The lowest BCUT2D eigenvalue weighted by Gasteiger charge is -2.31. The van der Waals surface area contributed by atoms with Crippen LogP contribution in [0.3, 0.4) is 0 Å². The zero-order valence-electron chi connectivity index (χ0n) is 11.4. The third-order valence-electron chi connectivity index (χ3n) is 3.39. The van der Waals surface area contributed by atoms with Crippen molar-refractivity contribution in [2.24, 2.45) is 0 Å². The molecular formula is C12H18Br2N4O2. The fourth-order valence-electron chi connectivity index (χ4n) is 2.18. The molecular weight excluding hydrogens is 392 g/mol. The number of unbranched alkanes of at least 4 members (excludes halogenated alkanes) is 1. The first-order valence-electron chi connectivity index (χ1n) is 6.81. The Bertz CT molecular complexity index is 458. The Morgan fingerprint density at radius 2 is 2.10 bits per heavy atom. The normalized spacial score (nSPS) is 16.4. The second-order valence-corrected chi connectivity index (χ2v) is 6.30. The number of ether oxygens (including phenoxy) is 1. The van der Waals surface area contributed by atoms with Crippen LogP contribution in [0, 0.1) is 0 Å². The Morgan fingerprint density at radius 3 is 2.65 bits per heavy atom. The Hall–Kier alpha value is -0.630. The van der Waals surface area contributed by atoms with Gasteiger partial charge in [0.25, 0.3) is 0 Å². The zero-order chi connectivity index (χ0) is 14.5. The van der Waals surface area contributed by atoms with Gasteiger partial charge in [-0.05, 0) is 51.1 Å². The van der Waals surface area contributed by atoms with Gasteiger partial charge in [0.05, 0.1) is 12.6 Å². The summed E-state index contributed by atoms with van der Waals surface area (Å²) in [4.78, 5) is 13.6. The van der Waals surface area contributed by atoms with Crippen molar-refractivity contribution in [3.63, 3.8) is 0 Å². The van der Waals surface area contributed by atoms with Crippen LogP contribution in [-0.4, -0.2) is 45.7 Å². The lowest BCUT2D eigenvalue weighted by atomic mass is 10.1. The molecule has 0 atom stereocenters. The first-order chi connectivity index (χ1) is 9.63. The molecule has 0 radical (unpaired) electrons. The molecule has 6 nitrogen and oxygen atoms in total. The van der Waals surface area contributed by atoms with Gasteiger partial charge in [-0.25, -0.2) is 9.48 Å². The molecule has 0 bridgehead atoms. The van der Waals surface area contributed by atoms with E-state index in [-0.39, 0.29) is 12.1 Å². The summed E-state index contributed by atoms with van der Waals surface area (Å²) in [5.74, 6) is 0. The smallest absolute Gasteiger partial charge is 0.409 e. The summed E-state index contributed by atoms with van der Waals surface area (Å²) in [6.45, 7) is 3.98. The van der Waals surface area contributed by atoms with Crippen LogP contribution >= 0.6 is 31.9 Å². The summed E-state index contributed by atoms with van der Waals surface area (Å²) in [6, 6.07) is 0.267. The van der Waals surface area contributed by atoms with Gasteiger partial charge < -0.3 is 9.64 Å². The Morgan fingerprint density at radius 1 is 1.40 bits per heavy atom. The maximum atomic E-state index is 11.8. The summed E-state index contributed by atoms with van der Waals surface area (Å²) >= 11 is 6.78. The molecule has 1 aromatic heterocycles. The molecule has 0 aromatic carbocycles. The number of hydrogen-bond acceptors (Lipinski definition) is 4. The minimum Gasteiger partial charge on any atom is -0.449 e. The van der Waals surface area contributed by atoms with E-state index in [4.69, 9.17) is 4.74 Å². The maximum absolute atomic E-state index is 11.8. The second-order valence-electron chi connectivity index (χ2n) is 4.80. The van der Waals surface area contributed by atoms with Gasteiger partial charge in [0, 0.05) is 13.1 Å². The zero-order valence-corrected chi connectivity index (χ0v) is 14.6. The number of carbonyl (C=O) groups excluding carboxylic acids is 1. The standard InChI is InChI=1S/C12H18Br2N4O2/c1-2-3-8-20-12(19)17-6-4-9(5-7-17)18-11(14)10(13)15-16-18/h9H,2-8H2,1H3. The van der Waals surface area contributed by atoms with E-state index < -0.39 is 0 Å². The molecule has 0 unspecified atom stereocenters. The Labute approximate surface area is 135 Å². The van der Waals surface area contributed by atoms with Crippen LogP contribution in [0.1, 0.15) is 38.6 Å². The molecule has 0 N–H and O–H groups in total. The maximum Gasteiger partial charge on any atom is 0.409 e. The number of halogens is 2. The summed E-state index contributed by atoms with van der Waals surface area (Å²) < 4.78 is 8.65.